The van der Waals surface area contributed by atoms with Crippen molar-refractivity contribution < 1.29 is 4.79 Å². The van der Waals surface area contributed by atoms with E-state index in [1.807, 2.05) is 6.07 Å². The molecule has 1 aromatic rings. The first-order valence-corrected chi connectivity index (χ1v) is 8.99. The van der Waals surface area contributed by atoms with Gasteiger partial charge >= 0.3 is 0 Å². The SMILES string of the molecule is CCNC(=NCC(=O)Nc1cccnc1)N1CC2CCCCC2C1. The maximum Gasteiger partial charge on any atom is 0.246 e. The molecular formula is C18H27N5O. The standard InChI is InChI=1S/C18H27N5O/c1-2-20-18(23-12-14-6-3-4-7-15(14)13-23)21-11-17(24)22-16-8-5-9-19-10-16/h5,8-10,14-15H,2-4,6-7,11-13H2,1H3,(H,20,21)(H,22,24). The molecule has 1 aromatic heterocycles. The van der Waals surface area contributed by atoms with Gasteiger partial charge < -0.3 is 15.5 Å². The van der Waals surface area contributed by atoms with Crippen molar-refractivity contribution >= 4 is 17.6 Å². The van der Waals surface area contributed by atoms with Crippen molar-refractivity contribution in [1.82, 2.24) is 15.2 Å². The molecule has 2 atom stereocenters. The number of aliphatic imine (C=N–C) groups is 1. The number of anilines is 1. The molecule has 130 valence electrons. The molecule has 0 spiro atoms. The summed E-state index contributed by atoms with van der Waals surface area (Å²) in [5, 5.41) is 6.16. The van der Waals surface area contributed by atoms with E-state index in [1.165, 1.54) is 25.7 Å². The Morgan fingerprint density at radius 3 is 2.71 bits per heavy atom. The molecular weight excluding hydrogens is 302 g/mol. The number of aromatic nitrogens is 1. The second kappa shape index (κ2) is 8.13. The molecule has 1 aliphatic carbocycles. The Morgan fingerprint density at radius 1 is 1.33 bits per heavy atom. The number of nitrogens with one attached hydrogen (secondary N) is 2. The van der Waals surface area contributed by atoms with Crippen molar-refractivity contribution in [2.45, 2.75) is 32.6 Å². The quantitative estimate of drug-likeness (QED) is 0.656. The van der Waals surface area contributed by atoms with Gasteiger partial charge in [0.15, 0.2) is 5.96 Å². The molecule has 6 nitrogen and oxygen atoms in total. The highest BCUT2D eigenvalue weighted by molar-refractivity contribution is 5.93. The molecule has 0 radical (unpaired) electrons. The van der Waals surface area contributed by atoms with E-state index in [0.717, 1.165) is 37.4 Å². The van der Waals surface area contributed by atoms with Gasteiger partial charge in [0.1, 0.15) is 6.54 Å². The molecule has 2 aliphatic rings. The van der Waals surface area contributed by atoms with Crippen LogP contribution in [0.3, 0.4) is 0 Å². The van der Waals surface area contributed by atoms with Crippen LogP contribution in [0.4, 0.5) is 5.69 Å². The van der Waals surface area contributed by atoms with Gasteiger partial charge in [-0.2, -0.15) is 0 Å². The predicted molar refractivity (Wildman–Crippen MR) is 95.9 cm³/mol. The van der Waals surface area contributed by atoms with Crippen molar-refractivity contribution in [3.63, 3.8) is 0 Å². The first-order chi connectivity index (χ1) is 11.8. The van der Waals surface area contributed by atoms with Gasteiger partial charge in [0, 0.05) is 25.8 Å². The lowest BCUT2D eigenvalue weighted by atomic mass is 9.82. The van der Waals surface area contributed by atoms with Gasteiger partial charge in [-0.05, 0) is 43.7 Å². The summed E-state index contributed by atoms with van der Waals surface area (Å²) in [5.74, 6) is 2.35. The molecule has 6 heteroatoms. The number of amides is 1. The Balaban J connectivity index is 1.58. The number of rotatable bonds is 4. The molecule has 1 aliphatic heterocycles. The number of nitrogens with zero attached hydrogens (tertiary/aromatic N) is 3. The van der Waals surface area contributed by atoms with Crippen LogP contribution in [0, 0.1) is 11.8 Å². The summed E-state index contributed by atoms with van der Waals surface area (Å²) in [6.45, 7) is 5.15. The molecule has 1 saturated heterocycles. The molecule has 1 saturated carbocycles. The van der Waals surface area contributed by atoms with Crippen molar-refractivity contribution in [3.05, 3.63) is 24.5 Å². The maximum absolute atomic E-state index is 12.1. The highest BCUT2D eigenvalue weighted by Gasteiger charge is 2.35. The van der Waals surface area contributed by atoms with Crippen LogP contribution in [0.15, 0.2) is 29.5 Å². The van der Waals surface area contributed by atoms with E-state index >= 15 is 0 Å². The lowest BCUT2D eigenvalue weighted by Crippen LogP contribution is -2.40. The van der Waals surface area contributed by atoms with Gasteiger partial charge in [0.2, 0.25) is 5.91 Å². The van der Waals surface area contributed by atoms with Gasteiger partial charge in [-0.1, -0.05) is 12.8 Å². The lowest BCUT2D eigenvalue weighted by Gasteiger charge is -2.22. The Hall–Kier alpha value is -2.11. The van der Waals surface area contributed by atoms with E-state index in [2.05, 4.69) is 32.4 Å². The molecule has 1 amide bonds. The maximum atomic E-state index is 12.1. The van der Waals surface area contributed by atoms with Crippen molar-refractivity contribution in [2.75, 3.05) is 31.5 Å². The summed E-state index contributed by atoms with van der Waals surface area (Å²) in [6.07, 6.45) is 8.71. The highest BCUT2D eigenvalue weighted by Crippen LogP contribution is 2.35. The zero-order valence-electron chi connectivity index (χ0n) is 14.4. The average molecular weight is 329 g/mol. The van der Waals surface area contributed by atoms with E-state index < -0.39 is 0 Å². The number of carbonyl (C=O) groups excluding carboxylic acids is 1. The van der Waals surface area contributed by atoms with E-state index in [4.69, 9.17) is 0 Å². The predicted octanol–water partition coefficient (Wildman–Crippen LogP) is 2.11. The van der Waals surface area contributed by atoms with Crippen LogP contribution < -0.4 is 10.6 Å². The van der Waals surface area contributed by atoms with Crippen LogP contribution in [0.25, 0.3) is 0 Å². The van der Waals surface area contributed by atoms with Gasteiger partial charge in [-0.3, -0.25) is 9.78 Å². The normalized spacial score (nSPS) is 23.7. The molecule has 2 fully saturated rings. The van der Waals surface area contributed by atoms with Crippen molar-refractivity contribution in [2.24, 2.45) is 16.8 Å². The van der Waals surface area contributed by atoms with Crippen LogP contribution in [0.2, 0.25) is 0 Å². The minimum absolute atomic E-state index is 0.116. The third kappa shape index (κ3) is 4.24. The van der Waals surface area contributed by atoms with Crippen LogP contribution in [-0.4, -0.2) is 47.9 Å². The van der Waals surface area contributed by atoms with Crippen molar-refractivity contribution in [3.8, 4) is 0 Å². The molecule has 2 unspecified atom stereocenters. The molecule has 24 heavy (non-hydrogen) atoms. The summed E-state index contributed by atoms with van der Waals surface area (Å²) < 4.78 is 0. The monoisotopic (exact) mass is 329 g/mol. The summed E-state index contributed by atoms with van der Waals surface area (Å²) in [7, 11) is 0. The summed E-state index contributed by atoms with van der Waals surface area (Å²) in [5.41, 5.74) is 0.704. The number of fused-ring (bicyclic) bond motifs is 1. The number of likely N-dealkylation sites (tertiary alicyclic amines) is 1. The van der Waals surface area contributed by atoms with Crippen molar-refractivity contribution in [1.29, 1.82) is 0 Å². The zero-order valence-corrected chi connectivity index (χ0v) is 14.4. The highest BCUT2D eigenvalue weighted by atomic mass is 16.1. The van der Waals surface area contributed by atoms with E-state index in [1.54, 1.807) is 18.5 Å². The Kier molecular flexibility index (Phi) is 5.67. The summed E-state index contributed by atoms with van der Waals surface area (Å²) >= 11 is 0. The van der Waals surface area contributed by atoms with Crippen LogP contribution >= 0.6 is 0 Å². The smallest absolute Gasteiger partial charge is 0.246 e. The first kappa shape index (κ1) is 16.7. The van der Waals surface area contributed by atoms with E-state index in [0.29, 0.717) is 5.69 Å². The van der Waals surface area contributed by atoms with Gasteiger partial charge in [0.25, 0.3) is 0 Å². The van der Waals surface area contributed by atoms with Crippen LogP contribution in [-0.2, 0) is 4.79 Å². The van der Waals surface area contributed by atoms with E-state index in [-0.39, 0.29) is 12.5 Å². The van der Waals surface area contributed by atoms with Gasteiger partial charge in [-0.25, -0.2) is 4.99 Å². The number of hydrogen-bond acceptors (Lipinski definition) is 3. The first-order valence-electron chi connectivity index (χ1n) is 8.99. The second-order valence-corrected chi connectivity index (χ2v) is 6.67. The van der Waals surface area contributed by atoms with Gasteiger partial charge in [0.05, 0.1) is 11.9 Å². The largest absolute Gasteiger partial charge is 0.357 e. The summed E-state index contributed by atoms with van der Waals surface area (Å²) in [6, 6.07) is 3.62. The Morgan fingerprint density at radius 2 is 2.08 bits per heavy atom. The third-order valence-corrected chi connectivity index (χ3v) is 4.93. The number of hydrogen-bond donors (Lipinski definition) is 2. The minimum atomic E-state index is -0.116. The molecule has 3 rings (SSSR count). The summed E-state index contributed by atoms with van der Waals surface area (Å²) in [4.78, 5) is 23.0. The topological polar surface area (TPSA) is 69.6 Å². The van der Waals surface area contributed by atoms with Gasteiger partial charge in [-0.15, -0.1) is 0 Å². The second-order valence-electron chi connectivity index (χ2n) is 6.67. The fourth-order valence-electron chi connectivity index (χ4n) is 3.79. The fourth-order valence-corrected chi connectivity index (χ4v) is 3.79. The molecule has 2 N–H and O–H groups in total. The number of guanidine groups is 1. The third-order valence-electron chi connectivity index (χ3n) is 4.93. The number of pyridine rings is 1. The minimum Gasteiger partial charge on any atom is -0.357 e. The van der Waals surface area contributed by atoms with Crippen LogP contribution in [0.5, 0.6) is 0 Å². The van der Waals surface area contributed by atoms with E-state index in [9.17, 15) is 4.79 Å². The average Bonchev–Trinajstić information content (AvgIpc) is 3.03. The Labute approximate surface area is 143 Å². The fraction of sp³-hybridized carbons (Fsp3) is 0.611. The lowest BCUT2D eigenvalue weighted by molar-refractivity contribution is -0.114. The molecule has 2 heterocycles. The molecule has 0 aromatic carbocycles. The number of carbonyl (C=O) groups is 1. The molecule has 0 bridgehead atoms. The Bertz CT molecular complexity index is 560. The van der Waals surface area contributed by atoms with Crippen LogP contribution in [0.1, 0.15) is 32.6 Å². The zero-order chi connectivity index (χ0) is 16.8.